The van der Waals surface area contributed by atoms with Gasteiger partial charge in [-0.15, -0.1) is 0 Å². The van der Waals surface area contributed by atoms with Crippen molar-refractivity contribution in [2.75, 3.05) is 11.4 Å². The fourth-order valence-corrected chi connectivity index (χ4v) is 3.79. The van der Waals surface area contributed by atoms with E-state index in [1.165, 1.54) is 32.1 Å². The van der Waals surface area contributed by atoms with E-state index in [9.17, 15) is 0 Å². The molecule has 1 saturated carbocycles. The van der Waals surface area contributed by atoms with Crippen LogP contribution in [0.1, 0.15) is 62.1 Å². The maximum absolute atomic E-state index is 5.66. The Balaban J connectivity index is 1.63. The number of rotatable bonds is 3. The number of nitrogens with zero attached hydrogens (tertiary/aromatic N) is 3. The summed E-state index contributed by atoms with van der Waals surface area (Å²) in [5.41, 5.74) is 0. The van der Waals surface area contributed by atoms with E-state index in [-0.39, 0.29) is 0 Å². The molecule has 106 valence electrons. The second-order valence-corrected chi connectivity index (χ2v) is 6.51. The fraction of sp³-hybridized carbons (Fsp3) is 0.600. The highest BCUT2D eigenvalue weighted by atomic mass is 32.1. The lowest BCUT2D eigenvalue weighted by Gasteiger charge is -2.27. The molecule has 2 fully saturated rings. The summed E-state index contributed by atoms with van der Waals surface area (Å²) in [5, 5.41) is 1.08. The monoisotopic (exact) mass is 289 g/mol. The predicted octanol–water partition coefficient (Wildman–Crippen LogP) is 4.13. The standard InChI is InChI=1S/C15H19N3OS/c1-2-5-12(13-6-4-10-19-13)18(9-3-1)15-16-14(17-20-15)11-7-8-11/h4,6,10-12H,1-3,5,7-9H2/t12-/m0/s1. The molecular weight excluding hydrogens is 270 g/mol. The van der Waals surface area contributed by atoms with Gasteiger partial charge in [-0.2, -0.15) is 4.37 Å². The van der Waals surface area contributed by atoms with Gasteiger partial charge in [0.1, 0.15) is 11.6 Å². The maximum Gasteiger partial charge on any atom is 0.205 e. The molecule has 20 heavy (non-hydrogen) atoms. The molecule has 2 aromatic rings. The predicted molar refractivity (Wildman–Crippen MR) is 79.1 cm³/mol. The molecule has 0 spiro atoms. The third kappa shape index (κ3) is 2.35. The molecule has 2 aliphatic rings. The molecule has 0 unspecified atom stereocenters. The summed E-state index contributed by atoms with van der Waals surface area (Å²) in [5.74, 6) is 2.76. The molecule has 1 aliphatic carbocycles. The van der Waals surface area contributed by atoms with Gasteiger partial charge in [-0.1, -0.05) is 12.8 Å². The van der Waals surface area contributed by atoms with Gasteiger partial charge in [0, 0.05) is 24.0 Å². The molecule has 0 aromatic carbocycles. The molecule has 3 heterocycles. The molecule has 1 atom stereocenters. The first-order valence-electron chi connectivity index (χ1n) is 7.55. The Bertz CT molecular complexity index is 561. The molecule has 1 aliphatic heterocycles. The normalized spacial score (nSPS) is 23.8. The Morgan fingerprint density at radius 1 is 1.20 bits per heavy atom. The fourth-order valence-electron chi connectivity index (χ4n) is 2.96. The van der Waals surface area contributed by atoms with E-state index >= 15 is 0 Å². The van der Waals surface area contributed by atoms with Gasteiger partial charge in [-0.05, 0) is 37.8 Å². The van der Waals surface area contributed by atoms with E-state index in [1.807, 2.05) is 6.07 Å². The number of furan rings is 1. The summed E-state index contributed by atoms with van der Waals surface area (Å²) in [6.07, 6.45) is 9.23. The van der Waals surface area contributed by atoms with Crippen LogP contribution in [0.5, 0.6) is 0 Å². The minimum atomic E-state index is 0.326. The van der Waals surface area contributed by atoms with Crippen molar-refractivity contribution in [1.29, 1.82) is 0 Å². The molecule has 0 radical (unpaired) electrons. The van der Waals surface area contributed by atoms with Crippen LogP contribution in [-0.2, 0) is 0 Å². The number of aromatic nitrogens is 2. The molecule has 0 amide bonds. The van der Waals surface area contributed by atoms with E-state index < -0.39 is 0 Å². The summed E-state index contributed by atoms with van der Waals surface area (Å²) in [7, 11) is 0. The highest BCUT2D eigenvalue weighted by molar-refractivity contribution is 7.09. The zero-order valence-electron chi connectivity index (χ0n) is 11.5. The molecular formula is C15H19N3OS. The first-order valence-corrected chi connectivity index (χ1v) is 8.33. The van der Waals surface area contributed by atoms with Crippen LogP contribution >= 0.6 is 11.5 Å². The zero-order valence-corrected chi connectivity index (χ0v) is 12.3. The lowest BCUT2D eigenvalue weighted by Crippen LogP contribution is -2.28. The Kier molecular flexibility index (Phi) is 3.22. The van der Waals surface area contributed by atoms with Crippen molar-refractivity contribution in [3.63, 3.8) is 0 Å². The minimum absolute atomic E-state index is 0.326. The van der Waals surface area contributed by atoms with Gasteiger partial charge in [0.05, 0.1) is 12.3 Å². The van der Waals surface area contributed by atoms with E-state index in [0.29, 0.717) is 12.0 Å². The first kappa shape index (κ1) is 12.4. The number of hydrogen-bond acceptors (Lipinski definition) is 5. The zero-order chi connectivity index (χ0) is 13.4. The molecule has 4 rings (SSSR count). The minimum Gasteiger partial charge on any atom is -0.467 e. The average Bonchev–Trinajstić information content (AvgIpc) is 3.05. The van der Waals surface area contributed by atoms with Crippen molar-refractivity contribution < 1.29 is 4.42 Å². The Morgan fingerprint density at radius 3 is 2.95 bits per heavy atom. The van der Waals surface area contributed by atoms with Crippen molar-refractivity contribution in [1.82, 2.24) is 9.36 Å². The molecule has 4 nitrogen and oxygen atoms in total. The first-order chi connectivity index (χ1) is 9.92. The van der Waals surface area contributed by atoms with Gasteiger partial charge in [0.2, 0.25) is 5.13 Å². The second kappa shape index (κ2) is 5.20. The van der Waals surface area contributed by atoms with Crippen molar-refractivity contribution in [3.8, 4) is 0 Å². The van der Waals surface area contributed by atoms with Crippen LogP contribution < -0.4 is 4.90 Å². The highest BCUT2D eigenvalue weighted by Gasteiger charge is 2.31. The van der Waals surface area contributed by atoms with E-state index in [0.717, 1.165) is 29.7 Å². The van der Waals surface area contributed by atoms with Gasteiger partial charge < -0.3 is 9.32 Å². The molecule has 2 aromatic heterocycles. The summed E-state index contributed by atoms with van der Waals surface area (Å²) in [6, 6.07) is 4.40. The quantitative estimate of drug-likeness (QED) is 0.852. The Labute approximate surface area is 123 Å². The van der Waals surface area contributed by atoms with Gasteiger partial charge in [0.25, 0.3) is 0 Å². The van der Waals surface area contributed by atoms with Crippen molar-refractivity contribution in [2.45, 2.75) is 50.5 Å². The van der Waals surface area contributed by atoms with Crippen molar-refractivity contribution in [2.24, 2.45) is 0 Å². The molecule has 0 bridgehead atoms. The SMILES string of the molecule is c1coc([C@@H]2CCCCCN2c2nc(C3CC3)ns2)c1. The van der Waals surface area contributed by atoms with Crippen LogP contribution in [-0.4, -0.2) is 15.9 Å². The van der Waals surface area contributed by atoms with Gasteiger partial charge in [-0.25, -0.2) is 4.98 Å². The largest absolute Gasteiger partial charge is 0.467 e. The summed E-state index contributed by atoms with van der Waals surface area (Å²) >= 11 is 1.56. The van der Waals surface area contributed by atoms with E-state index in [2.05, 4.69) is 15.3 Å². The van der Waals surface area contributed by atoms with Gasteiger partial charge in [-0.3, -0.25) is 0 Å². The second-order valence-electron chi connectivity index (χ2n) is 5.78. The average molecular weight is 289 g/mol. The van der Waals surface area contributed by atoms with Gasteiger partial charge >= 0.3 is 0 Å². The van der Waals surface area contributed by atoms with Crippen LogP contribution in [0.4, 0.5) is 5.13 Å². The lowest BCUT2D eigenvalue weighted by molar-refractivity contribution is 0.439. The molecule has 1 saturated heterocycles. The van der Waals surface area contributed by atoms with Gasteiger partial charge in [0.15, 0.2) is 0 Å². The Morgan fingerprint density at radius 2 is 2.15 bits per heavy atom. The third-order valence-electron chi connectivity index (χ3n) is 4.24. The van der Waals surface area contributed by atoms with Crippen LogP contribution in [0, 0.1) is 0 Å². The summed E-state index contributed by atoms with van der Waals surface area (Å²) in [4.78, 5) is 7.20. The van der Waals surface area contributed by atoms with Crippen LogP contribution in [0.15, 0.2) is 22.8 Å². The Hall–Kier alpha value is -1.36. The number of hydrogen-bond donors (Lipinski definition) is 0. The number of anilines is 1. The smallest absolute Gasteiger partial charge is 0.205 e. The van der Waals surface area contributed by atoms with Crippen LogP contribution in [0.2, 0.25) is 0 Å². The van der Waals surface area contributed by atoms with Crippen molar-refractivity contribution in [3.05, 3.63) is 30.0 Å². The molecule has 5 heteroatoms. The molecule has 0 N–H and O–H groups in total. The van der Waals surface area contributed by atoms with Crippen molar-refractivity contribution >= 4 is 16.7 Å². The summed E-state index contributed by atoms with van der Waals surface area (Å²) in [6.45, 7) is 1.06. The van der Waals surface area contributed by atoms with E-state index in [4.69, 9.17) is 9.40 Å². The lowest BCUT2D eigenvalue weighted by atomic mass is 10.1. The topological polar surface area (TPSA) is 42.2 Å². The van der Waals surface area contributed by atoms with Crippen LogP contribution in [0.3, 0.4) is 0 Å². The summed E-state index contributed by atoms with van der Waals surface area (Å²) < 4.78 is 10.2. The van der Waals surface area contributed by atoms with E-state index in [1.54, 1.807) is 17.8 Å². The highest BCUT2D eigenvalue weighted by Crippen LogP contribution is 2.41. The van der Waals surface area contributed by atoms with Crippen LogP contribution in [0.25, 0.3) is 0 Å². The maximum atomic E-state index is 5.66. The third-order valence-corrected chi connectivity index (χ3v) is 5.01.